The van der Waals surface area contributed by atoms with Gasteiger partial charge in [-0.2, -0.15) is 15.0 Å². The number of hydrogen-bond donors (Lipinski definition) is 0. The van der Waals surface area contributed by atoms with Crippen LogP contribution in [-0.4, -0.2) is 56.4 Å². The Morgan fingerprint density at radius 3 is 1.02 bits per heavy atom. The van der Waals surface area contributed by atoms with Crippen molar-refractivity contribution in [3.8, 4) is 23.3 Å². The standard InChI is InChI=1S/C72H77N5Si4/c1-70(2)38-41-78(7,8)64-35-32-50(45-57(64)70)81(51-33-36-65-58(46-51)71(3,4)39-42-79(65,9)10,52-34-37-66-59(47-52)72(5,6)40-43-80(66,11)12)49-23-21-22-48(44-49)67-73-68(76-60-28-17-13-24-53(60)54-25-14-18-29-61(54)76)75-69(74-67)77-62-30-19-15-26-55(62)56-27-16-20-31-63(56)77/h13-37,44-47H,38-43H2,1-12H3. The predicted octanol–water partition coefficient (Wildman–Crippen LogP) is 13.9. The van der Waals surface area contributed by atoms with Crippen LogP contribution in [0.1, 0.15) is 77.5 Å². The summed E-state index contributed by atoms with van der Waals surface area (Å²) in [6, 6.07) is 72.4. The summed E-state index contributed by atoms with van der Waals surface area (Å²) in [5, 5.41) is 15.4. The van der Waals surface area contributed by atoms with Crippen molar-refractivity contribution >= 4 is 112 Å². The van der Waals surface area contributed by atoms with E-state index in [1.807, 2.05) is 0 Å². The van der Waals surface area contributed by atoms with Gasteiger partial charge < -0.3 is 0 Å². The average Bonchev–Trinajstić information content (AvgIpc) is 4.07. The molecular formula is C72H77N5Si4. The van der Waals surface area contributed by atoms with Gasteiger partial charge in [0.25, 0.3) is 0 Å². The molecular weight excluding hydrogens is 1050 g/mol. The van der Waals surface area contributed by atoms with Crippen molar-refractivity contribution in [1.82, 2.24) is 24.1 Å². The number of benzene rings is 8. The largest absolute Gasteiger partial charge is 0.278 e. The van der Waals surface area contributed by atoms with Crippen molar-refractivity contribution in [2.24, 2.45) is 0 Å². The lowest BCUT2D eigenvalue weighted by Gasteiger charge is -2.45. The highest BCUT2D eigenvalue weighted by Gasteiger charge is 2.49. The van der Waals surface area contributed by atoms with Gasteiger partial charge in [-0.25, -0.2) is 0 Å². The molecule has 8 aromatic carbocycles. The van der Waals surface area contributed by atoms with Gasteiger partial charge >= 0.3 is 0 Å². The smallest absolute Gasteiger partial charge is 0.240 e. The van der Waals surface area contributed by atoms with E-state index >= 15 is 0 Å². The summed E-state index contributed by atoms with van der Waals surface area (Å²) < 4.78 is 4.52. The molecule has 0 saturated heterocycles. The Balaban J connectivity index is 1.11. The molecule has 81 heavy (non-hydrogen) atoms. The lowest BCUT2D eigenvalue weighted by atomic mass is 9.81. The van der Waals surface area contributed by atoms with Gasteiger partial charge in [0.2, 0.25) is 11.9 Å². The lowest BCUT2D eigenvalue weighted by Crippen LogP contribution is -2.76. The molecule has 11 aromatic rings. The zero-order chi connectivity index (χ0) is 56.2. The molecule has 0 N–H and O–H groups in total. The minimum absolute atomic E-state index is 0.0497. The number of fused-ring (bicyclic) bond motifs is 9. The summed E-state index contributed by atoms with van der Waals surface area (Å²) in [6.45, 7) is 30.8. The molecule has 9 heteroatoms. The van der Waals surface area contributed by atoms with Gasteiger partial charge in [0.05, 0.1) is 46.3 Å². The Morgan fingerprint density at radius 1 is 0.358 bits per heavy atom. The van der Waals surface area contributed by atoms with Crippen LogP contribution >= 0.6 is 0 Å². The van der Waals surface area contributed by atoms with Crippen molar-refractivity contribution in [2.75, 3.05) is 0 Å². The molecule has 6 heterocycles. The Bertz CT molecular complexity index is 3970. The number of rotatable bonds is 7. The topological polar surface area (TPSA) is 48.5 Å². The number of hydrogen-bond acceptors (Lipinski definition) is 3. The van der Waals surface area contributed by atoms with Gasteiger partial charge in [0, 0.05) is 27.1 Å². The molecule has 0 fully saturated rings. The third-order valence-corrected chi connectivity index (χ3v) is 35.5. The van der Waals surface area contributed by atoms with Crippen LogP contribution in [-0.2, 0) is 16.2 Å². The number of para-hydroxylation sites is 4. The van der Waals surface area contributed by atoms with Crippen LogP contribution in [0.5, 0.6) is 0 Å². The zero-order valence-electron chi connectivity index (χ0n) is 49.7. The first-order valence-corrected chi connectivity index (χ1v) is 41.5. The molecule has 3 aromatic heterocycles. The predicted molar refractivity (Wildman–Crippen MR) is 356 cm³/mol. The molecule has 0 atom stereocenters. The summed E-state index contributed by atoms with van der Waals surface area (Å²) in [4.78, 5) is 17.0. The zero-order valence-corrected chi connectivity index (χ0v) is 53.7. The van der Waals surface area contributed by atoms with E-state index in [-0.39, 0.29) is 16.2 Å². The molecule has 0 aliphatic carbocycles. The van der Waals surface area contributed by atoms with Gasteiger partial charge in [-0.15, -0.1) is 0 Å². The monoisotopic (exact) mass is 1120 g/mol. The summed E-state index contributed by atoms with van der Waals surface area (Å²) in [5.74, 6) is 1.85. The van der Waals surface area contributed by atoms with E-state index in [0.717, 1.165) is 27.6 Å². The normalized spacial score (nSPS) is 18.4. The van der Waals surface area contributed by atoms with E-state index in [4.69, 9.17) is 15.0 Å². The van der Waals surface area contributed by atoms with E-state index in [1.54, 1.807) is 32.3 Å². The van der Waals surface area contributed by atoms with Gasteiger partial charge in [-0.05, 0) is 97.2 Å². The van der Waals surface area contributed by atoms with E-state index in [0.29, 0.717) is 17.7 Å². The summed E-state index contributed by atoms with van der Waals surface area (Å²) in [6.07, 6.45) is 3.65. The first-order chi connectivity index (χ1) is 38.6. The second-order valence-corrected chi connectivity index (χ2v) is 46.6. The second kappa shape index (κ2) is 18.1. The van der Waals surface area contributed by atoms with Crippen LogP contribution in [0.2, 0.25) is 57.4 Å². The van der Waals surface area contributed by atoms with Crippen molar-refractivity contribution in [1.29, 1.82) is 0 Å². The molecule has 14 rings (SSSR count). The summed E-state index contributed by atoms with van der Waals surface area (Å²) in [7, 11) is -8.41. The number of aromatic nitrogens is 5. The van der Waals surface area contributed by atoms with Crippen molar-refractivity contribution in [2.45, 2.75) is 134 Å². The molecule has 406 valence electrons. The first kappa shape index (κ1) is 52.3. The van der Waals surface area contributed by atoms with E-state index in [2.05, 4.69) is 266 Å². The maximum atomic E-state index is 5.69. The maximum Gasteiger partial charge on any atom is 0.240 e. The van der Waals surface area contributed by atoms with Crippen LogP contribution in [0, 0.1) is 0 Å². The molecule has 0 unspecified atom stereocenters. The van der Waals surface area contributed by atoms with Crippen LogP contribution in [0.15, 0.2) is 176 Å². The Hall–Kier alpha value is -6.76. The van der Waals surface area contributed by atoms with E-state index < -0.39 is 32.3 Å². The summed E-state index contributed by atoms with van der Waals surface area (Å²) in [5.41, 5.74) is 10.1. The van der Waals surface area contributed by atoms with Crippen molar-refractivity contribution in [3.05, 3.63) is 193 Å². The Morgan fingerprint density at radius 2 is 0.679 bits per heavy atom. The molecule has 0 spiro atoms. The van der Waals surface area contributed by atoms with E-state index in [9.17, 15) is 0 Å². The van der Waals surface area contributed by atoms with Gasteiger partial charge in [0.1, 0.15) is 0 Å². The average molecular weight is 1120 g/mol. The van der Waals surface area contributed by atoms with E-state index in [1.165, 1.54) is 79.7 Å². The van der Waals surface area contributed by atoms with Crippen molar-refractivity contribution in [3.63, 3.8) is 0 Å². The lowest BCUT2D eigenvalue weighted by molar-refractivity contribution is 0.499. The fourth-order valence-corrected chi connectivity index (χ4v) is 29.7. The molecule has 0 amide bonds. The van der Waals surface area contributed by atoms with Crippen LogP contribution < -0.4 is 36.3 Å². The third kappa shape index (κ3) is 8.02. The SMILES string of the molecule is CC1(C)CC[Si](C)(C)c2ccc([Si](c3cccc(-c4nc(-n5c6ccccc6c6ccccc65)nc(-n5c6ccccc6c6ccccc65)n4)c3)(c3ccc4c(c3)C(C)(C)CC[Si]4(C)C)c3ccc4c(c3)C(C)(C)CC[Si]4(C)C)cc21. The quantitative estimate of drug-likeness (QED) is 0.118. The van der Waals surface area contributed by atoms with Gasteiger partial charge in [-0.3, -0.25) is 9.13 Å². The van der Waals surface area contributed by atoms with Gasteiger partial charge in [0.15, 0.2) is 13.9 Å². The molecule has 3 aliphatic heterocycles. The fourth-order valence-electron chi connectivity index (χ4n) is 15.3. The van der Waals surface area contributed by atoms with Crippen LogP contribution in [0.3, 0.4) is 0 Å². The molecule has 5 nitrogen and oxygen atoms in total. The molecule has 0 saturated carbocycles. The minimum atomic E-state index is -3.28. The first-order valence-electron chi connectivity index (χ1n) is 29.9. The highest BCUT2D eigenvalue weighted by molar-refractivity contribution is 7.20. The second-order valence-electron chi connectivity index (χ2n) is 28.4. The van der Waals surface area contributed by atoms with Crippen LogP contribution in [0.25, 0.3) is 66.9 Å². The fraction of sp³-hybridized carbons (Fsp3) is 0.292. The third-order valence-electron chi connectivity index (χ3n) is 20.6. The number of nitrogens with zero attached hydrogens (tertiary/aromatic N) is 5. The molecule has 0 bridgehead atoms. The highest BCUT2D eigenvalue weighted by Crippen LogP contribution is 2.41. The van der Waals surface area contributed by atoms with Crippen molar-refractivity contribution < 1.29 is 0 Å². The molecule has 0 radical (unpaired) electrons. The maximum absolute atomic E-state index is 5.69. The minimum Gasteiger partial charge on any atom is -0.278 e. The summed E-state index contributed by atoms with van der Waals surface area (Å²) >= 11 is 0. The Kier molecular flexibility index (Phi) is 11.7. The molecule has 3 aliphatic rings. The Labute approximate surface area is 483 Å². The van der Waals surface area contributed by atoms with Crippen LogP contribution in [0.4, 0.5) is 0 Å². The van der Waals surface area contributed by atoms with Gasteiger partial charge in [-0.1, -0.05) is 266 Å². The highest BCUT2D eigenvalue weighted by atomic mass is 28.3.